The maximum Gasteiger partial charge on any atom is 0.251 e. The molecule has 2 aliphatic heterocycles. The van der Waals surface area contributed by atoms with Crippen molar-refractivity contribution in [2.24, 2.45) is 5.73 Å². The average Bonchev–Trinajstić information content (AvgIpc) is 2.79. The largest absolute Gasteiger partial charge is 0.487 e. The van der Waals surface area contributed by atoms with Gasteiger partial charge in [0.15, 0.2) is 0 Å². The van der Waals surface area contributed by atoms with Crippen LogP contribution in [0.1, 0.15) is 49.0 Å². The fourth-order valence-electron chi connectivity index (χ4n) is 3.51. The first-order chi connectivity index (χ1) is 11.3. The van der Waals surface area contributed by atoms with Gasteiger partial charge < -0.3 is 20.5 Å². The van der Waals surface area contributed by atoms with E-state index in [-0.39, 0.29) is 17.9 Å². The zero-order valence-corrected chi connectivity index (χ0v) is 14.2. The van der Waals surface area contributed by atoms with Crippen LogP contribution in [0.4, 0.5) is 0 Å². The van der Waals surface area contributed by atoms with E-state index in [0.717, 1.165) is 17.7 Å². The number of carbonyl (C=O) groups excluding carboxylic acids is 2. The summed E-state index contributed by atoms with van der Waals surface area (Å²) in [5, 5.41) is 3.03. The number of fused-ring (bicyclic) bond motifs is 1. The van der Waals surface area contributed by atoms with Crippen molar-refractivity contribution in [3.8, 4) is 5.75 Å². The molecular weight excluding hydrogens is 308 g/mol. The van der Waals surface area contributed by atoms with Gasteiger partial charge in [-0.3, -0.25) is 9.59 Å². The lowest BCUT2D eigenvalue weighted by Gasteiger charge is -2.37. The molecule has 2 aliphatic rings. The summed E-state index contributed by atoms with van der Waals surface area (Å²) in [5.74, 6) is 0.224. The highest BCUT2D eigenvalue weighted by Gasteiger charge is 2.36. The second-order valence-electron chi connectivity index (χ2n) is 7.35. The molecule has 0 saturated carbocycles. The van der Waals surface area contributed by atoms with Crippen LogP contribution in [0.3, 0.4) is 0 Å². The molecule has 2 heterocycles. The molecule has 130 valence electrons. The standard InChI is InChI=1S/C18H24N2O4/c1-17(2)10-13-9-12(3-4-14(13)24-17)16(22)20-18(11-15(19)21)5-7-23-8-6-18/h3-4,9H,5-8,10-11H2,1-2H3,(H2,19,21)(H,20,22). The van der Waals surface area contributed by atoms with E-state index in [0.29, 0.717) is 31.6 Å². The number of nitrogens with two attached hydrogens (primary N) is 1. The lowest BCUT2D eigenvalue weighted by atomic mass is 9.86. The number of nitrogens with one attached hydrogen (secondary N) is 1. The predicted molar refractivity (Wildman–Crippen MR) is 88.9 cm³/mol. The summed E-state index contributed by atoms with van der Waals surface area (Å²) in [5.41, 5.74) is 6.12. The van der Waals surface area contributed by atoms with E-state index in [1.807, 2.05) is 26.0 Å². The van der Waals surface area contributed by atoms with E-state index < -0.39 is 11.4 Å². The summed E-state index contributed by atoms with van der Waals surface area (Å²) in [7, 11) is 0. The van der Waals surface area contributed by atoms with E-state index in [4.69, 9.17) is 15.2 Å². The SMILES string of the molecule is CC1(C)Cc2cc(C(=O)NC3(CC(N)=O)CCOCC3)ccc2O1. The molecule has 6 heteroatoms. The third-order valence-electron chi connectivity index (χ3n) is 4.67. The Morgan fingerprint density at radius 1 is 1.25 bits per heavy atom. The Kier molecular flexibility index (Phi) is 4.25. The van der Waals surface area contributed by atoms with Gasteiger partial charge in [0.25, 0.3) is 5.91 Å². The van der Waals surface area contributed by atoms with Crippen LogP contribution in [-0.2, 0) is 16.0 Å². The van der Waals surface area contributed by atoms with Crippen LogP contribution in [0.25, 0.3) is 0 Å². The maximum absolute atomic E-state index is 12.7. The predicted octanol–water partition coefficient (Wildman–Crippen LogP) is 1.55. The number of hydrogen-bond donors (Lipinski definition) is 2. The van der Waals surface area contributed by atoms with Crippen molar-refractivity contribution >= 4 is 11.8 Å². The van der Waals surface area contributed by atoms with E-state index >= 15 is 0 Å². The summed E-state index contributed by atoms with van der Waals surface area (Å²) >= 11 is 0. The summed E-state index contributed by atoms with van der Waals surface area (Å²) < 4.78 is 11.2. The number of primary amides is 1. The average molecular weight is 332 g/mol. The molecule has 3 N–H and O–H groups in total. The van der Waals surface area contributed by atoms with Crippen LogP contribution >= 0.6 is 0 Å². The summed E-state index contributed by atoms with van der Waals surface area (Å²) in [4.78, 5) is 24.1. The molecule has 1 saturated heterocycles. The molecule has 3 rings (SSSR count). The van der Waals surface area contributed by atoms with Gasteiger partial charge in [-0.15, -0.1) is 0 Å². The highest BCUT2D eigenvalue weighted by Crippen LogP contribution is 2.35. The van der Waals surface area contributed by atoms with Gasteiger partial charge in [-0.2, -0.15) is 0 Å². The van der Waals surface area contributed by atoms with Crippen molar-refractivity contribution in [1.82, 2.24) is 5.32 Å². The van der Waals surface area contributed by atoms with Gasteiger partial charge in [0, 0.05) is 31.6 Å². The van der Waals surface area contributed by atoms with Crippen LogP contribution < -0.4 is 15.8 Å². The Morgan fingerprint density at radius 2 is 1.96 bits per heavy atom. The van der Waals surface area contributed by atoms with E-state index in [1.165, 1.54) is 0 Å². The number of hydrogen-bond acceptors (Lipinski definition) is 4. The second-order valence-corrected chi connectivity index (χ2v) is 7.35. The Labute approximate surface area is 141 Å². The molecule has 0 atom stereocenters. The van der Waals surface area contributed by atoms with Gasteiger partial charge in [-0.05, 0) is 50.5 Å². The Hall–Kier alpha value is -2.08. The first-order valence-electron chi connectivity index (χ1n) is 8.29. The minimum Gasteiger partial charge on any atom is -0.487 e. The number of benzene rings is 1. The maximum atomic E-state index is 12.7. The molecular formula is C18H24N2O4. The first kappa shape index (κ1) is 16.8. The molecule has 6 nitrogen and oxygen atoms in total. The quantitative estimate of drug-likeness (QED) is 0.875. The van der Waals surface area contributed by atoms with Gasteiger partial charge in [-0.25, -0.2) is 0 Å². The first-order valence-corrected chi connectivity index (χ1v) is 8.29. The van der Waals surface area contributed by atoms with Crippen LogP contribution in [-0.4, -0.2) is 36.2 Å². The molecule has 2 amide bonds. The normalized spacial score (nSPS) is 20.8. The summed E-state index contributed by atoms with van der Waals surface area (Å²) in [6.07, 6.45) is 2.07. The molecule has 0 aromatic heterocycles. The number of ether oxygens (including phenoxy) is 2. The molecule has 24 heavy (non-hydrogen) atoms. The van der Waals surface area contributed by atoms with Crippen LogP contribution in [0, 0.1) is 0 Å². The van der Waals surface area contributed by atoms with Gasteiger partial charge in [-0.1, -0.05) is 0 Å². The molecule has 1 fully saturated rings. The molecule has 0 aliphatic carbocycles. The summed E-state index contributed by atoms with van der Waals surface area (Å²) in [6, 6.07) is 5.47. The van der Waals surface area contributed by atoms with Crippen LogP contribution in [0.15, 0.2) is 18.2 Å². The van der Waals surface area contributed by atoms with Crippen molar-refractivity contribution in [2.75, 3.05) is 13.2 Å². The smallest absolute Gasteiger partial charge is 0.251 e. The monoisotopic (exact) mass is 332 g/mol. The van der Waals surface area contributed by atoms with Crippen LogP contribution in [0.2, 0.25) is 0 Å². The fourth-order valence-corrected chi connectivity index (χ4v) is 3.51. The van der Waals surface area contributed by atoms with Crippen molar-refractivity contribution in [3.05, 3.63) is 29.3 Å². The fraction of sp³-hybridized carbons (Fsp3) is 0.556. The van der Waals surface area contributed by atoms with Crippen molar-refractivity contribution < 1.29 is 19.1 Å². The topological polar surface area (TPSA) is 90.7 Å². The van der Waals surface area contributed by atoms with Gasteiger partial charge in [0.1, 0.15) is 11.4 Å². The molecule has 0 spiro atoms. The molecule has 1 aromatic carbocycles. The Bertz CT molecular complexity index is 663. The van der Waals surface area contributed by atoms with E-state index in [2.05, 4.69) is 5.32 Å². The lowest BCUT2D eigenvalue weighted by molar-refractivity contribution is -0.120. The highest BCUT2D eigenvalue weighted by molar-refractivity contribution is 5.95. The molecule has 0 radical (unpaired) electrons. The third kappa shape index (κ3) is 3.53. The minimum atomic E-state index is -0.615. The van der Waals surface area contributed by atoms with Gasteiger partial charge >= 0.3 is 0 Å². The Balaban J connectivity index is 1.78. The molecule has 1 aromatic rings. The van der Waals surface area contributed by atoms with Crippen molar-refractivity contribution in [2.45, 2.75) is 50.7 Å². The third-order valence-corrected chi connectivity index (χ3v) is 4.67. The van der Waals surface area contributed by atoms with Gasteiger partial charge in [0.2, 0.25) is 5.91 Å². The van der Waals surface area contributed by atoms with Crippen molar-refractivity contribution in [3.63, 3.8) is 0 Å². The number of carbonyl (C=O) groups is 2. The summed E-state index contributed by atoms with van der Waals surface area (Å²) in [6.45, 7) is 5.08. The lowest BCUT2D eigenvalue weighted by Crippen LogP contribution is -2.54. The van der Waals surface area contributed by atoms with Crippen molar-refractivity contribution in [1.29, 1.82) is 0 Å². The van der Waals surface area contributed by atoms with E-state index in [1.54, 1.807) is 6.07 Å². The molecule has 0 bridgehead atoms. The Morgan fingerprint density at radius 3 is 2.62 bits per heavy atom. The minimum absolute atomic E-state index is 0.128. The second kappa shape index (κ2) is 6.09. The van der Waals surface area contributed by atoms with Gasteiger partial charge in [0.05, 0.1) is 5.54 Å². The zero-order chi connectivity index (χ0) is 17.4. The zero-order valence-electron chi connectivity index (χ0n) is 14.2. The van der Waals surface area contributed by atoms with Crippen LogP contribution in [0.5, 0.6) is 5.75 Å². The van der Waals surface area contributed by atoms with E-state index in [9.17, 15) is 9.59 Å². The number of rotatable bonds is 4. The molecule has 0 unspecified atom stereocenters. The number of amides is 2. The highest BCUT2D eigenvalue weighted by atomic mass is 16.5.